The Hall–Kier alpha value is -1.89. The van der Waals surface area contributed by atoms with Crippen LogP contribution in [0.5, 0.6) is 0 Å². The molecule has 1 saturated carbocycles. The van der Waals surface area contributed by atoms with E-state index in [0.717, 1.165) is 12.8 Å². The standard InChI is InChI=1S/C17H23NO5S/c1-2-18(12-11-16(19)20)17(21)13-7-9-15(10-8-13)24(22,23)14-5-3-4-6-14/h7-10,14H,2-6,11-12H2,1H3,(H,19,20). The van der Waals surface area contributed by atoms with Crippen molar-refractivity contribution in [2.24, 2.45) is 0 Å². The Labute approximate surface area is 142 Å². The number of benzene rings is 1. The van der Waals surface area contributed by atoms with Crippen LogP contribution in [0.2, 0.25) is 0 Å². The highest BCUT2D eigenvalue weighted by atomic mass is 32.2. The summed E-state index contributed by atoms with van der Waals surface area (Å²) in [5.74, 6) is -1.25. The molecule has 1 fully saturated rings. The molecule has 2 rings (SSSR count). The fraction of sp³-hybridized carbons (Fsp3) is 0.529. The molecule has 1 amide bonds. The average molecular weight is 353 g/mol. The molecule has 0 aliphatic heterocycles. The molecule has 1 aliphatic carbocycles. The van der Waals surface area contributed by atoms with Crippen LogP contribution in [-0.4, -0.2) is 48.6 Å². The maximum absolute atomic E-state index is 12.5. The Morgan fingerprint density at radius 2 is 1.75 bits per heavy atom. The second kappa shape index (κ2) is 7.79. The Morgan fingerprint density at radius 3 is 2.25 bits per heavy atom. The number of nitrogens with zero attached hydrogens (tertiary/aromatic N) is 1. The van der Waals surface area contributed by atoms with Crippen LogP contribution in [0.25, 0.3) is 0 Å². The summed E-state index contributed by atoms with van der Waals surface area (Å²) in [6, 6.07) is 5.97. The van der Waals surface area contributed by atoms with Gasteiger partial charge in [-0.1, -0.05) is 12.8 Å². The third-order valence-corrected chi connectivity index (χ3v) is 6.71. The molecule has 1 aliphatic rings. The van der Waals surface area contributed by atoms with Crippen LogP contribution < -0.4 is 0 Å². The number of hydrogen-bond acceptors (Lipinski definition) is 4. The van der Waals surface area contributed by atoms with Crippen molar-refractivity contribution >= 4 is 21.7 Å². The lowest BCUT2D eigenvalue weighted by Gasteiger charge is -2.20. The second-order valence-corrected chi connectivity index (χ2v) is 8.23. The SMILES string of the molecule is CCN(CCC(=O)O)C(=O)c1ccc(S(=O)(=O)C2CCCC2)cc1. The molecule has 0 atom stereocenters. The lowest BCUT2D eigenvalue weighted by atomic mass is 10.2. The summed E-state index contributed by atoms with van der Waals surface area (Å²) in [5, 5.41) is 8.42. The van der Waals surface area contributed by atoms with Crippen LogP contribution in [0, 0.1) is 0 Å². The first kappa shape index (κ1) is 18.4. The van der Waals surface area contributed by atoms with E-state index < -0.39 is 15.8 Å². The monoisotopic (exact) mass is 353 g/mol. The third kappa shape index (κ3) is 4.14. The fourth-order valence-corrected chi connectivity index (χ4v) is 4.85. The van der Waals surface area contributed by atoms with Gasteiger partial charge in [-0.2, -0.15) is 0 Å². The molecule has 1 aromatic rings. The number of carboxylic acid groups (broad SMARTS) is 1. The fourth-order valence-electron chi connectivity index (χ4n) is 2.99. The molecule has 0 bridgehead atoms. The molecule has 0 saturated heterocycles. The topological polar surface area (TPSA) is 91.8 Å². The van der Waals surface area contributed by atoms with Gasteiger partial charge < -0.3 is 10.0 Å². The van der Waals surface area contributed by atoms with E-state index in [1.165, 1.54) is 29.2 Å². The molecule has 1 N–H and O–H groups in total. The van der Waals surface area contributed by atoms with E-state index >= 15 is 0 Å². The number of amides is 1. The number of sulfone groups is 1. The van der Waals surface area contributed by atoms with E-state index in [9.17, 15) is 18.0 Å². The first-order valence-electron chi connectivity index (χ1n) is 8.21. The van der Waals surface area contributed by atoms with Crippen molar-refractivity contribution in [3.05, 3.63) is 29.8 Å². The van der Waals surface area contributed by atoms with Gasteiger partial charge in [-0.25, -0.2) is 8.42 Å². The number of carbonyl (C=O) groups is 2. The van der Waals surface area contributed by atoms with Gasteiger partial charge >= 0.3 is 5.97 Å². The normalized spacial score (nSPS) is 15.4. The predicted molar refractivity (Wildman–Crippen MR) is 89.7 cm³/mol. The maximum atomic E-state index is 12.5. The molecule has 24 heavy (non-hydrogen) atoms. The third-order valence-electron chi connectivity index (χ3n) is 4.44. The summed E-state index contributed by atoms with van der Waals surface area (Å²) in [7, 11) is -3.33. The van der Waals surface area contributed by atoms with Gasteiger partial charge in [-0.3, -0.25) is 9.59 Å². The van der Waals surface area contributed by atoms with Crippen molar-refractivity contribution in [3.8, 4) is 0 Å². The molecule has 0 radical (unpaired) electrons. The molecule has 6 nitrogen and oxygen atoms in total. The van der Waals surface area contributed by atoms with Crippen molar-refractivity contribution in [2.45, 2.75) is 49.2 Å². The molecule has 0 unspecified atom stereocenters. The molecule has 132 valence electrons. The summed E-state index contributed by atoms with van der Waals surface area (Å²) in [6.07, 6.45) is 3.16. The highest BCUT2D eigenvalue weighted by Crippen LogP contribution is 2.29. The van der Waals surface area contributed by atoms with Gasteiger partial charge in [0.25, 0.3) is 5.91 Å². The number of rotatable bonds is 7. The van der Waals surface area contributed by atoms with E-state index in [0.29, 0.717) is 24.9 Å². The lowest BCUT2D eigenvalue weighted by Crippen LogP contribution is -2.32. The van der Waals surface area contributed by atoms with Crippen molar-refractivity contribution in [2.75, 3.05) is 13.1 Å². The Balaban J connectivity index is 2.13. The summed E-state index contributed by atoms with van der Waals surface area (Å²) in [4.78, 5) is 24.7. The van der Waals surface area contributed by atoms with Gasteiger partial charge in [0.05, 0.1) is 16.6 Å². The van der Waals surface area contributed by atoms with E-state index in [1.807, 2.05) is 0 Å². The van der Waals surface area contributed by atoms with Gasteiger partial charge in [0, 0.05) is 18.7 Å². The first-order chi connectivity index (χ1) is 11.4. The zero-order valence-electron chi connectivity index (χ0n) is 13.8. The molecule has 7 heteroatoms. The number of carboxylic acids is 1. The highest BCUT2D eigenvalue weighted by molar-refractivity contribution is 7.92. The van der Waals surface area contributed by atoms with Gasteiger partial charge in [0.15, 0.2) is 9.84 Å². The smallest absolute Gasteiger partial charge is 0.305 e. The minimum Gasteiger partial charge on any atom is -0.481 e. The Bertz CT molecular complexity index is 690. The average Bonchev–Trinajstić information content (AvgIpc) is 3.10. The summed E-state index contributed by atoms with van der Waals surface area (Å²) < 4.78 is 25.0. The zero-order chi connectivity index (χ0) is 17.7. The second-order valence-electron chi connectivity index (χ2n) is 6.00. The molecule has 1 aromatic carbocycles. The molecule has 0 heterocycles. The van der Waals surface area contributed by atoms with Crippen LogP contribution in [0.3, 0.4) is 0 Å². The summed E-state index contributed by atoms with van der Waals surface area (Å²) >= 11 is 0. The quantitative estimate of drug-likeness (QED) is 0.812. The predicted octanol–water partition coefficient (Wildman–Crippen LogP) is 2.34. The minimum absolute atomic E-state index is 0.117. The Kier molecular flexibility index (Phi) is 5.99. The van der Waals surface area contributed by atoms with Crippen molar-refractivity contribution in [1.82, 2.24) is 4.90 Å². The van der Waals surface area contributed by atoms with Crippen LogP contribution in [-0.2, 0) is 14.6 Å². The van der Waals surface area contributed by atoms with Crippen LogP contribution in [0.4, 0.5) is 0 Å². The van der Waals surface area contributed by atoms with Gasteiger partial charge in [0.1, 0.15) is 0 Å². The minimum atomic E-state index is -3.33. The summed E-state index contributed by atoms with van der Waals surface area (Å²) in [5.41, 5.74) is 0.368. The number of carbonyl (C=O) groups excluding carboxylic acids is 1. The highest BCUT2D eigenvalue weighted by Gasteiger charge is 2.30. The molecule has 0 aromatic heterocycles. The maximum Gasteiger partial charge on any atom is 0.305 e. The van der Waals surface area contributed by atoms with Gasteiger partial charge in [-0.15, -0.1) is 0 Å². The molecular weight excluding hydrogens is 330 g/mol. The Morgan fingerprint density at radius 1 is 1.17 bits per heavy atom. The van der Waals surface area contributed by atoms with E-state index in [4.69, 9.17) is 5.11 Å². The van der Waals surface area contributed by atoms with Gasteiger partial charge in [0.2, 0.25) is 0 Å². The van der Waals surface area contributed by atoms with Crippen LogP contribution in [0.15, 0.2) is 29.2 Å². The largest absolute Gasteiger partial charge is 0.481 e. The van der Waals surface area contributed by atoms with Crippen LogP contribution >= 0.6 is 0 Å². The molecular formula is C17H23NO5S. The van der Waals surface area contributed by atoms with Crippen molar-refractivity contribution in [3.63, 3.8) is 0 Å². The van der Waals surface area contributed by atoms with Gasteiger partial charge in [-0.05, 0) is 44.0 Å². The first-order valence-corrected chi connectivity index (χ1v) is 9.76. The van der Waals surface area contributed by atoms with E-state index in [1.54, 1.807) is 6.92 Å². The van der Waals surface area contributed by atoms with Crippen LogP contribution in [0.1, 0.15) is 49.4 Å². The lowest BCUT2D eigenvalue weighted by molar-refractivity contribution is -0.137. The van der Waals surface area contributed by atoms with E-state index in [-0.39, 0.29) is 29.0 Å². The van der Waals surface area contributed by atoms with Crippen molar-refractivity contribution < 1.29 is 23.1 Å². The molecule has 0 spiro atoms. The van der Waals surface area contributed by atoms with Crippen molar-refractivity contribution in [1.29, 1.82) is 0 Å². The van der Waals surface area contributed by atoms with E-state index in [2.05, 4.69) is 0 Å². The number of aliphatic carboxylic acids is 1. The number of hydrogen-bond donors (Lipinski definition) is 1. The summed E-state index contributed by atoms with van der Waals surface area (Å²) in [6.45, 7) is 2.31. The zero-order valence-corrected chi connectivity index (χ0v) is 14.6.